The van der Waals surface area contributed by atoms with E-state index in [2.05, 4.69) is 10.1 Å². The fourth-order valence-electron chi connectivity index (χ4n) is 3.31. The van der Waals surface area contributed by atoms with Gasteiger partial charge in [-0.3, -0.25) is 9.48 Å². The summed E-state index contributed by atoms with van der Waals surface area (Å²) in [6, 6.07) is 4.06. The summed E-state index contributed by atoms with van der Waals surface area (Å²) in [7, 11) is 0. The van der Waals surface area contributed by atoms with Gasteiger partial charge in [0.25, 0.3) is 0 Å². The molecule has 1 saturated heterocycles. The van der Waals surface area contributed by atoms with E-state index in [1.165, 1.54) is 18.5 Å². The first-order valence-corrected chi connectivity index (χ1v) is 8.66. The minimum atomic E-state index is -0.814. The first-order chi connectivity index (χ1) is 12.1. The molecule has 134 valence electrons. The lowest BCUT2D eigenvalue weighted by molar-refractivity contribution is -0.133. The van der Waals surface area contributed by atoms with Crippen LogP contribution in [0.4, 0.5) is 8.78 Å². The van der Waals surface area contributed by atoms with Crippen LogP contribution >= 0.6 is 0 Å². The van der Waals surface area contributed by atoms with Gasteiger partial charge in [-0.25, -0.2) is 13.8 Å². The average Bonchev–Trinajstić information content (AvgIpc) is 3.14. The van der Waals surface area contributed by atoms with E-state index in [9.17, 15) is 13.6 Å². The van der Waals surface area contributed by atoms with Crippen LogP contribution in [0.15, 0.2) is 30.9 Å². The lowest BCUT2D eigenvalue weighted by Gasteiger charge is -2.33. The Balaban J connectivity index is 1.47. The second kappa shape index (κ2) is 8.18. The monoisotopic (exact) mass is 348 g/mol. The highest BCUT2D eigenvalue weighted by Gasteiger charge is 2.23. The Kier molecular flexibility index (Phi) is 5.73. The molecule has 0 spiro atoms. The number of aryl methyl sites for hydroxylation is 2. The Morgan fingerprint density at radius 1 is 1.28 bits per heavy atom. The fourth-order valence-corrected chi connectivity index (χ4v) is 3.31. The summed E-state index contributed by atoms with van der Waals surface area (Å²) in [5.74, 6) is -1.08. The van der Waals surface area contributed by atoms with Gasteiger partial charge in [0.2, 0.25) is 5.91 Å². The van der Waals surface area contributed by atoms with Gasteiger partial charge in [0.15, 0.2) is 11.6 Å². The predicted molar refractivity (Wildman–Crippen MR) is 88.6 cm³/mol. The molecule has 2 aromatic rings. The number of aromatic nitrogens is 3. The van der Waals surface area contributed by atoms with Crippen molar-refractivity contribution in [1.29, 1.82) is 0 Å². The molecule has 0 radical (unpaired) electrons. The first-order valence-electron chi connectivity index (χ1n) is 8.66. The summed E-state index contributed by atoms with van der Waals surface area (Å²) < 4.78 is 27.9. The lowest BCUT2D eigenvalue weighted by atomic mass is 9.91. The molecule has 1 aliphatic heterocycles. The van der Waals surface area contributed by atoms with Crippen LogP contribution in [-0.4, -0.2) is 38.7 Å². The summed E-state index contributed by atoms with van der Waals surface area (Å²) >= 11 is 0. The van der Waals surface area contributed by atoms with E-state index in [1.54, 1.807) is 17.1 Å². The van der Waals surface area contributed by atoms with E-state index in [1.807, 2.05) is 4.90 Å². The van der Waals surface area contributed by atoms with Crippen LogP contribution in [0.2, 0.25) is 0 Å². The average molecular weight is 348 g/mol. The van der Waals surface area contributed by atoms with Gasteiger partial charge in [0, 0.05) is 19.5 Å². The molecule has 0 aliphatic carbocycles. The number of hydrogen-bond donors (Lipinski definition) is 0. The zero-order chi connectivity index (χ0) is 17.6. The van der Waals surface area contributed by atoms with E-state index in [4.69, 9.17) is 0 Å². The summed E-state index contributed by atoms with van der Waals surface area (Å²) in [6.45, 7) is 2.06. The van der Waals surface area contributed by atoms with Crippen molar-refractivity contribution in [2.45, 2.75) is 38.6 Å². The van der Waals surface area contributed by atoms with Crippen molar-refractivity contribution in [3.05, 3.63) is 48.1 Å². The quantitative estimate of drug-likeness (QED) is 0.807. The molecule has 1 aliphatic rings. The molecule has 5 nitrogen and oxygen atoms in total. The molecular formula is C18H22F2N4O. The maximum atomic E-state index is 13.3. The number of benzene rings is 1. The normalized spacial score (nSPS) is 17.7. The van der Waals surface area contributed by atoms with Gasteiger partial charge in [-0.2, -0.15) is 5.10 Å². The number of nitrogens with zero attached hydrogens (tertiary/aromatic N) is 4. The summed E-state index contributed by atoms with van der Waals surface area (Å²) in [6.07, 6.45) is 7.10. The Morgan fingerprint density at radius 2 is 2.16 bits per heavy atom. The number of carbonyl (C=O) groups is 1. The molecular weight excluding hydrogens is 326 g/mol. The lowest BCUT2D eigenvalue weighted by Crippen LogP contribution is -2.40. The summed E-state index contributed by atoms with van der Waals surface area (Å²) in [5.41, 5.74) is 0.800. The Morgan fingerprint density at radius 3 is 2.92 bits per heavy atom. The fraction of sp³-hybridized carbons (Fsp3) is 0.500. The maximum Gasteiger partial charge on any atom is 0.224 e. The third-order valence-electron chi connectivity index (χ3n) is 4.72. The molecule has 0 saturated carbocycles. The molecule has 0 N–H and O–H groups in total. The van der Waals surface area contributed by atoms with Crippen molar-refractivity contribution < 1.29 is 13.6 Å². The maximum absolute atomic E-state index is 13.3. The van der Waals surface area contributed by atoms with Crippen LogP contribution in [0.1, 0.15) is 31.2 Å². The minimum Gasteiger partial charge on any atom is -0.342 e. The van der Waals surface area contributed by atoms with Gasteiger partial charge in [-0.1, -0.05) is 6.07 Å². The molecule has 3 rings (SSSR count). The van der Waals surface area contributed by atoms with Crippen LogP contribution < -0.4 is 0 Å². The SMILES string of the molecule is O=C(CCn1cncn1)N1CCC[C@@H](CCc2ccc(F)c(F)c2)C1. The number of halogens is 2. The molecule has 1 atom stereocenters. The summed E-state index contributed by atoms with van der Waals surface area (Å²) in [5, 5.41) is 4.00. The molecule has 25 heavy (non-hydrogen) atoms. The van der Waals surface area contributed by atoms with Crippen molar-refractivity contribution in [1.82, 2.24) is 19.7 Å². The van der Waals surface area contributed by atoms with Gasteiger partial charge >= 0.3 is 0 Å². The second-order valence-corrected chi connectivity index (χ2v) is 6.54. The van der Waals surface area contributed by atoms with Crippen LogP contribution in [-0.2, 0) is 17.8 Å². The molecule has 0 unspecified atom stereocenters. The third kappa shape index (κ3) is 4.84. The Hall–Kier alpha value is -2.31. The van der Waals surface area contributed by atoms with Crippen molar-refractivity contribution in [2.24, 2.45) is 5.92 Å². The zero-order valence-electron chi connectivity index (χ0n) is 14.1. The number of hydrogen-bond acceptors (Lipinski definition) is 3. The number of rotatable bonds is 6. The smallest absolute Gasteiger partial charge is 0.224 e. The largest absolute Gasteiger partial charge is 0.342 e. The van der Waals surface area contributed by atoms with Gasteiger partial charge in [-0.15, -0.1) is 0 Å². The molecule has 1 aromatic carbocycles. The van der Waals surface area contributed by atoms with E-state index in [-0.39, 0.29) is 5.91 Å². The zero-order valence-corrected chi connectivity index (χ0v) is 14.1. The number of amides is 1. The number of carbonyl (C=O) groups excluding carboxylic acids is 1. The van der Waals surface area contributed by atoms with Crippen LogP contribution in [0.3, 0.4) is 0 Å². The highest BCUT2D eigenvalue weighted by molar-refractivity contribution is 5.76. The topological polar surface area (TPSA) is 51.0 Å². The molecule has 1 amide bonds. The second-order valence-electron chi connectivity index (χ2n) is 6.54. The van der Waals surface area contributed by atoms with Gasteiger partial charge < -0.3 is 4.90 Å². The van der Waals surface area contributed by atoms with E-state index in [0.29, 0.717) is 25.3 Å². The molecule has 1 aromatic heterocycles. The molecule has 2 heterocycles. The van der Waals surface area contributed by atoms with Crippen molar-refractivity contribution in [3.63, 3.8) is 0 Å². The standard InChI is InChI=1S/C18H22F2N4O/c19-16-6-5-14(10-17(16)20)3-4-15-2-1-8-23(11-15)18(25)7-9-24-13-21-12-22-24/h5-6,10,12-13,15H,1-4,7-9,11H2/t15-/m0/s1. The summed E-state index contributed by atoms with van der Waals surface area (Å²) in [4.78, 5) is 18.1. The van der Waals surface area contributed by atoms with Crippen molar-refractivity contribution in [3.8, 4) is 0 Å². The third-order valence-corrected chi connectivity index (χ3v) is 4.72. The van der Waals surface area contributed by atoms with E-state index >= 15 is 0 Å². The first kappa shape index (κ1) is 17.5. The van der Waals surface area contributed by atoms with Crippen molar-refractivity contribution in [2.75, 3.05) is 13.1 Å². The Labute approximate surface area is 145 Å². The number of piperidine rings is 1. The van der Waals surface area contributed by atoms with Gasteiger partial charge in [0.1, 0.15) is 12.7 Å². The van der Waals surface area contributed by atoms with Crippen molar-refractivity contribution >= 4 is 5.91 Å². The van der Waals surface area contributed by atoms with Gasteiger partial charge in [0.05, 0.1) is 6.54 Å². The van der Waals surface area contributed by atoms with Crippen LogP contribution in [0.25, 0.3) is 0 Å². The number of likely N-dealkylation sites (tertiary alicyclic amines) is 1. The Bertz CT molecular complexity index is 705. The van der Waals surface area contributed by atoms with E-state index in [0.717, 1.165) is 37.9 Å². The molecule has 0 bridgehead atoms. The van der Waals surface area contributed by atoms with Crippen LogP contribution in [0, 0.1) is 17.6 Å². The molecule has 7 heteroatoms. The van der Waals surface area contributed by atoms with E-state index < -0.39 is 11.6 Å². The predicted octanol–water partition coefficient (Wildman–Crippen LogP) is 2.82. The minimum absolute atomic E-state index is 0.132. The van der Waals surface area contributed by atoms with Gasteiger partial charge in [-0.05, 0) is 49.3 Å². The van der Waals surface area contributed by atoms with Crippen LogP contribution in [0.5, 0.6) is 0 Å². The highest BCUT2D eigenvalue weighted by atomic mass is 19.2. The molecule has 1 fully saturated rings. The highest BCUT2D eigenvalue weighted by Crippen LogP contribution is 2.22.